The fraction of sp³-hybridized carbons (Fsp3) is 0.677. The van der Waals surface area contributed by atoms with Crippen molar-refractivity contribution < 1.29 is 9.59 Å². The van der Waals surface area contributed by atoms with Crippen LogP contribution in [-0.2, 0) is 22.6 Å². The summed E-state index contributed by atoms with van der Waals surface area (Å²) in [6, 6.07) is 6.67. The molecule has 5 nitrogen and oxygen atoms in total. The van der Waals surface area contributed by atoms with Crippen molar-refractivity contribution in [1.29, 1.82) is 0 Å². The summed E-state index contributed by atoms with van der Waals surface area (Å²) in [4.78, 5) is 30.4. The summed E-state index contributed by atoms with van der Waals surface area (Å²) in [6.07, 6.45) is 8.30. The van der Waals surface area contributed by atoms with Gasteiger partial charge in [-0.15, -0.1) is 0 Å². The van der Waals surface area contributed by atoms with Crippen LogP contribution in [0.1, 0.15) is 76.8 Å². The first-order chi connectivity index (χ1) is 17.1. The highest BCUT2D eigenvalue weighted by Gasteiger charge is 2.61. The van der Waals surface area contributed by atoms with E-state index in [1.165, 1.54) is 34.5 Å². The van der Waals surface area contributed by atoms with Crippen LogP contribution in [0.3, 0.4) is 0 Å². The molecule has 2 heterocycles. The first kappa shape index (κ1) is 24.1. The van der Waals surface area contributed by atoms with E-state index >= 15 is 0 Å². The number of hydrogen-bond acceptors (Lipinski definition) is 3. The number of nitrogens with one attached hydrogen (secondary N) is 1. The number of rotatable bonds is 3. The van der Waals surface area contributed by atoms with E-state index in [-0.39, 0.29) is 28.6 Å². The van der Waals surface area contributed by atoms with Gasteiger partial charge in [-0.2, -0.15) is 0 Å². The van der Waals surface area contributed by atoms with Crippen LogP contribution < -0.4 is 10.2 Å². The molecule has 0 aromatic heterocycles. The van der Waals surface area contributed by atoms with Gasteiger partial charge in [-0.1, -0.05) is 31.6 Å². The molecule has 3 aliphatic carbocycles. The molecule has 1 aromatic carbocycles. The second-order valence-corrected chi connectivity index (χ2v) is 13.1. The van der Waals surface area contributed by atoms with Gasteiger partial charge in [0.2, 0.25) is 11.8 Å². The van der Waals surface area contributed by atoms with E-state index in [0.29, 0.717) is 30.7 Å². The fourth-order valence-electron chi connectivity index (χ4n) is 9.58. The van der Waals surface area contributed by atoms with Crippen molar-refractivity contribution in [1.82, 2.24) is 10.2 Å². The molecule has 1 N–H and O–H groups in total. The third-order valence-electron chi connectivity index (χ3n) is 11.4. The lowest BCUT2D eigenvalue weighted by atomic mass is 9.48. The minimum absolute atomic E-state index is 0.0798. The van der Waals surface area contributed by atoms with E-state index in [1.54, 1.807) is 0 Å². The Morgan fingerprint density at radius 2 is 1.89 bits per heavy atom. The highest BCUT2D eigenvalue weighted by Crippen LogP contribution is 2.66. The Morgan fingerprint density at radius 3 is 2.69 bits per heavy atom. The quantitative estimate of drug-likeness (QED) is 0.628. The molecule has 5 heteroatoms. The smallest absolute Gasteiger partial charge is 0.226 e. The third kappa shape index (κ3) is 3.40. The largest absolute Gasteiger partial charge is 0.374 e. The van der Waals surface area contributed by atoms with E-state index in [0.717, 1.165) is 45.1 Å². The molecule has 6 rings (SSSR count). The van der Waals surface area contributed by atoms with E-state index in [1.807, 2.05) is 11.9 Å². The van der Waals surface area contributed by atoms with Crippen LogP contribution >= 0.6 is 0 Å². The monoisotopic (exact) mass is 489 g/mol. The zero-order valence-corrected chi connectivity index (χ0v) is 22.8. The summed E-state index contributed by atoms with van der Waals surface area (Å²) in [5, 5.41) is 3.34. The average Bonchev–Trinajstić information content (AvgIpc) is 3.39. The Balaban J connectivity index is 1.19. The van der Waals surface area contributed by atoms with Gasteiger partial charge in [0.05, 0.1) is 0 Å². The van der Waals surface area contributed by atoms with E-state index in [4.69, 9.17) is 0 Å². The lowest BCUT2D eigenvalue weighted by Crippen LogP contribution is -2.55. The molecule has 3 fully saturated rings. The van der Waals surface area contributed by atoms with Crippen LogP contribution in [0.25, 0.3) is 0 Å². The molecule has 1 saturated heterocycles. The fourth-order valence-corrected chi connectivity index (χ4v) is 9.58. The molecule has 2 aliphatic heterocycles. The highest BCUT2D eigenvalue weighted by atomic mass is 16.2. The first-order valence-electron chi connectivity index (χ1n) is 14.2. The van der Waals surface area contributed by atoms with Crippen LogP contribution in [0.2, 0.25) is 0 Å². The summed E-state index contributed by atoms with van der Waals surface area (Å²) in [6.45, 7) is 8.82. The third-order valence-corrected chi connectivity index (χ3v) is 11.4. The van der Waals surface area contributed by atoms with Gasteiger partial charge < -0.3 is 15.1 Å². The predicted octanol–water partition coefficient (Wildman–Crippen LogP) is 5.29. The van der Waals surface area contributed by atoms with Gasteiger partial charge in [0.15, 0.2) is 0 Å². The lowest BCUT2D eigenvalue weighted by molar-refractivity contribution is -0.138. The Kier molecular flexibility index (Phi) is 5.59. The number of anilines is 1. The van der Waals surface area contributed by atoms with Gasteiger partial charge in [0.25, 0.3) is 0 Å². The van der Waals surface area contributed by atoms with E-state index < -0.39 is 0 Å². The van der Waals surface area contributed by atoms with Gasteiger partial charge in [-0.25, -0.2) is 0 Å². The summed E-state index contributed by atoms with van der Waals surface area (Å²) >= 11 is 0. The number of carbonyl (C=O) groups excluding carboxylic acids is 2. The molecule has 1 aromatic rings. The van der Waals surface area contributed by atoms with Crippen LogP contribution in [0.15, 0.2) is 29.5 Å². The molecule has 0 unspecified atom stereocenters. The summed E-state index contributed by atoms with van der Waals surface area (Å²) in [5.74, 6) is 2.49. The summed E-state index contributed by atoms with van der Waals surface area (Å²) in [5.41, 5.74) is 6.85. The first-order valence-corrected chi connectivity index (χ1v) is 14.2. The Labute approximate surface area is 216 Å². The molecule has 0 bridgehead atoms. The minimum Gasteiger partial charge on any atom is -0.374 e. The Bertz CT molecular complexity index is 1140. The Morgan fingerprint density at radius 1 is 1.08 bits per heavy atom. The van der Waals surface area contributed by atoms with Crippen molar-refractivity contribution in [2.45, 2.75) is 78.7 Å². The standard InChI is InChI=1S/C31H43N3O2/c1-19-16-22-23-7-8-25(29(36)32-18-20-6-9-26-21(17-20)12-15-33(26)4)30(23,2)13-10-24(22)31(3)14-11-27(35)34(5)28(19)31/h6,9,17,22-25H,7-8,10-16,18H2,1-5H3,(H,32,36)/t22-,23-,24-,25+,30-,31+/m0/s1. The number of piperidine rings is 1. The van der Waals surface area contributed by atoms with Crippen molar-refractivity contribution in [3.63, 3.8) is 0 Å². The topological polar surface area (TPSA) is 52.7 Å². The van der Waals surface area contributed by atoms with Crippen LogP contribution in [-0.4, -0.2) is 37.4 Å². The predicted molar refractivity (Wildman–Crippen MR) is 143 cm³/mol. The normalized spacial score (nSPS) is 37.4. The molecule has 194 valence electrons. The Hall–Kier alpha value is -2.30. The second-order valence-electron chi connectivity index (χ2n) is 13.1. The number of nitrogens with zero attached hydrogens (tertiary/aromatic N) is 2. The molecule has 0 radical (unpaired) electrons. The van der Waals surface area contributed by atoms with Crippen molar-refractivity contribution in [2.24, 2.45) is 34.5 Å². The van der Waals surface area contributed by atoms with Crippen molar-refractivity contribution in [2.75, 3.05) is 25.5 Å². The van der Waals surface area contributed by atoms with Gasteiger partial charge in [0, 0.05) is 56.3 Å². The van der Waals surface area contributed by atoms with Crippen molar-refractivity contribution >= 4 is 17.5 Å². The molecule has 5 aliphatic rings. The molecule has 2 saturated carbocycles. The molecule has 2 amide bonds. The number of carbonyl (C=O) groups is 2. The summed E-state index contributed by atoms with van der Waals surface area (Å²) < 4.78 is 0. The van der Waals surface area contributed by atoms with E-state index in [2.05, 4.69) is 56.2 Å². The second kappa shape index (κ2) is 8.36. The number of hydrogen-bond donors (Lipinski definition) is 1. The molecular weight excluding hydrogens is 446 g/mol. The molecule has 6 atom stereocenters. The SMILES string of the molecule is CC1=C2N(C)C(=O)CC[C@]2(C)[C@H]2CC[C@]3(C)[C@@H](C(=O)NCc4ccc5c(c4)CCN5C)CC[C@H]3[C@@H]2C1. The zero-order valence-electron chi connectivity index (χ0n) is 22.8. The van der Waals surface area contributed by atoms with Crippen molar-refractivity contribution in [3.05, 3.63) is 40.6 Å². The number of likely N-dealkylation sites (N-methyl/N-ethyl adjacent to an activating group) is 1. The highest BCUT2D eigenvalue weighted by molar-refractivity contribution is 5.80. The summed E-state index contributed by atoms with van der Waals surface area (Å²) in [7, 11) is 4.14. The maximum atomic E-state index is 13.6. The van der Waals surface area contributed by atoms with Gasteiger partial charge >= 0.3 is 0 Å². The molecular formula is C31H43N3O2. The van der Waals surface area contributed by atoms with Gasteiger partial charge in [-0.3, -0.25) is 9.59 Å². The van der Waals surface area contributed by atoms with Crippen LogP contribution in [0, 0.1) is 34.5 Å². The minimum atomic E-state index is 0.0798. The van der Waals surface area contributed by atoms with Gasteiger partial charge in [0.1, 0.15) is 0 Å². The number of fused-ring (bicyclic) bond motifs is 6. The number of allylic oxidation sites excluding steroid dienone is 2. The number of amides is 2. The van der Waals surface area contributed by atoms with E-state index in [9.17, 15) is 9.59 Å². The molecule has 0 spiro atoms. The number of benzene rings is 1. The average molecular weight is 490 g/mol. The lowest BCUT2D eigenvalue weighted by Gasteiger charge is -2.59. The molecule has 36 heavy (non-hydrogen) atoms. The van der Waals surface area contributed by atoms with Crippen LogP contribution in [0.5, 0.6) is 0 Å². The van der Waals surface area contributed by atoms with Crippen molar-refractivity contribution in [3.8, 4) is 0 Å². The maximum Gasteiger partial charge on any atom is 0.226 e. The van der Waals surface area contributed by atoms with Crippen LogP contribution in [0.4, 0.5) is 5.69 Å². The number of likely N-dealkylation sites (tertiary alicyclic amines) is 1. The maximum absolute atomic E-state index is 13.6. The zero-order chi connectivity index (χ0) is 25.4. The van der Waals surface area contributed by atoms with Gasteiger partial charge in [-0.05, 0) is 92.2 Å².